The highest BCUT2D eigenvalue weighted by molar-refractivity contribution is 6.28. The van der Waals surface area contributed by atoms with Crippen LogP contribution in [0.2, 0.25) is 5.28 Å². The molecule has 0 amide bonds. The molecule has 0 spiro atoms. The van der Waals surface area contributed by atoms with Gasteiger partial charge in [0, 0.05) is 18.0 Å². The number of ether oxygens (including phenoxy) is 2. The predicted octanol–water partition coefficient (Wildman–Crippen LogP) is 4.90. The molecule has 0 bridgehead atoms. The average Bonchev–Trinajstić information content (AvgIpc) is 2.63. The van der Waals surface area contributed by atoms with E-state index >= 15 is 0 Å². The Morgan fingerprint density at radius 3 is 2.46 bits per heavy atom. The molecule has 2 aromatic rings. The van der Waals surface area contributed by atoms with Crippen molar-refractivity contribution in [2.45, 2.75) is 53.4 Å². The molecule has 142 valence electrons. The summed E-state index contributed by atoms with van der Waals surface area (Å²) in [6, 6.07) is 6.24. The lowest BCUT2D eigenvalue weighted by atomic mass is 10.0. The summed E-state index contributed by atoms with van der Waals surface area (Å²) in [5, 5.41) is 0.328. The van der Waals surface area contributed by atoms with Gasteiger partial charge in [0.15, 0.2) is 0 Å². The van der Waals surface area contributed by atoms with Crippen LogP contribution in [-0.2, 0) is 24.0 Å². The third kappa shape index (κ3) is 5.96. The summed E-state index contributed by atoms with van der Waals surface area (Å²) in [6.45, 7) is 10.5. The maximum absolute atomic E-state index is 6.00. The van der Waals surface area contributed by atoms with Crippen molar-refractivity contribution in [3.63, 3.8) is 0 Å². The molecule has 0 aliphatic rings. The van der Waals surface area contributed by atoms with E-state index in [4.69, 9.17) is 21.1 Å². The Hall–Kier alpha value is -1.65. The van der Waals surface area contributed by atoms with Gasteiger partial charge in [-0.3, -0.25) is 0 Å². The number of aryl methyl sites for hydroxylation is 2. The highest BCUT2D eigenvalue weighted by Gasteiger charge is 2.08. The molecule has 5 heteroatoms. The Bertz CT molecular complexity index is 719. The van der Waals surface area contributed by atoms with E-state index in [1.807, 2.05) is 13.0 Å². The standard InChI is InChI=1S/C21H29ClN2O2/c1-5-18-14-19(24-21(22)23-18)8-7-12-26-20-10-9-17(11-13-25-6-2)15(3)16(20)4/h9-10,14H,5-8,11-13H2,1-4H3. The van der Waals surface area contributed by atoms with Crippen LogP contribution in [0.4, 0.5) is 0 Å². The molecule has 0 atom stereocenters. The molecule has 0 unspecified atom stereocenters. The van der Waals surface area contributed by atoms with Crippen molar-refractivity contribution in [1.29, 1.82) is 0 Å². The van der Waals surface area contributed by atoms with Crippen molar-refractivity contribution in [3.05, 3.63) is 51.6 Å². The van der Waals surface area contributed by atoms with Gasteiger partial charge in [-0.2, -0.15) is 0 Å². The number of hydrogen-bond donors (Lipinski definition) is 0. The van der Waals surface area contributed by atoms with Gasteiger partial charge in [-0.1, -0.05) is 13.0 Å². The summed E-state index contributed by atoms with van der Waals surface area (Å²) in [5.74, 6) is 0.956. The molecule has 0 saturated heterocycles. The molecular weight excluding hydrogens is 348 g/mol. The fourth-order valence-corrected chi connectivity index (χ4v) is 3.09. The molecule has 0 saturated carbocycles. The minimum atomic E-state index is 0.328. The zero-order valence-electron chi connectivity index (χ0n) is 16.3. The van der Waals surface area contributed by atoms with Crippen LogP contribution in [0.1, 0.15) is 48.3 Å². The minimum absolute atomic E-state index is 0.328. The first kappa shape index (κ1) is 20.7. The van der Waals surface area contributed by atoms with Crippen LogP contribution >= 0.6 is 11.6 Å². The summed E-state index contributed by atoms with van der Waals surface area (Å²) in [6.07, 6.45) is 3.52. The van der Waals surface area contributed by atoms with E-state index in [1.165, 1.54) is 16.7 Å². The highest BCUT2D eigenvalue weighted by Crippen LogP contribution is 2.25. The molecule has 0 fully saturated rings. The predicted molar refractivity (Wildman–Crippen MR) is 106 cm³/mol. The van der Waals surface area contributed by atoms with Crippen LogP contribution < -0.4 is 4.74 Å². The van der Waals surface area contributed by atoms with Gasteiger partial charge < -0.3 is 9.47 Å². The topological polar surface area (TPSA) is 44.2 Å². The van der Waals surface area contributed by atoms with E-state index in [0.29, 0.717) is 11.9 Å². The van der Waals surface area contributed by atoms with Crippen molar-refractivity contribution in [3.8, 4) is 5.75 Å². The lowest BCUT2D eigenvalue weighted by Crippen LogP contribution is -2.05. The molecule has 4 nitrogen and oxygen atoms in total. The van der Waals surface area contributed by atoms with Gasteiger partial charge >= 0.3 is 0 Å². The van der Waals surface area contributed by atoms with Crippen LogP contribution in [0.25, 0.3) is 0 Å². The Balaban J connectivity index is 1.87. The van der Waals surface area contributed by atoms with Gasteiger partial charge in [-0.05, 0) is 86.9 Å². The van der Waals surface area contributed by atoms with Gasteiger partial charge in [0.1, 0.15) is 5.75 Å². The first-order chi connectivity index (χ1) is 12.5. The van der Waals surface area contributed by atoms with Crippen molar-refractivity contribution in [2.24, 2.45) is 0 Å². The largest absolute Gasteiger partial charge is 0.493 e. The fourth-order valence-electron chi connectivity index (χ4n) is 2.87. The highest BCUT2D eigenvalue weighted by atomic mass is 35.5. The third-order valence-corrected chi connectivity index (χ3v) is 4.74. The van der Waals surface area contributed by atoms with Crippen LogP contribution in [0.15, 0.2) is 18.2 Å². The second kappa shape index (κ2) is 10.5. The Morgan fingerprint density at radius 1 is 0.962 bits per heavy atom. The monoisotopic (exact) mass is 376 g/mol. The minimum Gasteiger partial charge on any atom is -0.493 e. The zero-order valence-corrected chi connectivity index (χ0v) is 17.0. The van der Waals surface area contributed by atoms with Crippen molar-refractivity contribution < 1.29 is 9.47 Å². The Morgan fingerprint density at radius 2 is 1.73 bits per heavy atom. The quantitative estimate of drug-likeness (QED) is 0.437. The Labute approximate surface area is 161 Å². The number of nitrogens with zero attached hydrogens (tertiary/aromatic N) is 2. The van der Waals surface area contributed by atoms with E-state index in [-0.39, 0.29) is 0 Å². The van der Waals surface area contributed by atoms with E-state index in [2.05, 4.69) is 42.9 Å². The van der Waals surface area contributed by atoms with Crippen LogP contribution in [-0.4, -0.2) is 29.8 Å². The van der Waals surface area contributed by atoms with Gasteiger partial charge in [0.2, 0.25) is 5.28 Å². The Kier molecular flexibility index (Phi) is 8.33. The lowest BCUT2D eigenvalue weighted by molar-refractivity contribution is 0.151. The van der Waals surface area contributed by atoms with E-state index < -0.39 is 0 Å². The summed E-state index contributed by atoms with van der Waals surface area (Å²) in [4.78, 5) is 8.49. The normalized spacial score (nSPS) is 11.0. The van der Waals surface area contributed by atoms with Crippen molar-refractivity contribution in [1.82, 2.24) is 9.97 Å². The van der Waals surface area contributed by atoms with E-state index in [1.54, 1.807) is 0 Å². The zero-order chi connectivity index (χ0) is 18.9. The van der Waals surface area contributed by atoms with Gasteiger partial charge in [-0.25, -0.2) is 9.97 Å². The lowest BCUT2D eigenvalue weighted by Gasteiger charge is -2.14. The van der Waals surface area contributed by atoms with E-state index in [0.717, 1.165) is 56.0 Å². The summed E-state index contributed by atoms with van der Waals surface area (Å²) >= 11 is 5.97. The SMILES string of the molecule is CCOCCc1ccc(OCCCc2cc(CC)nc(Cl)n2)c(C)c1C. The van der Waals surface area contributed by atoms with Crippen molar-refractivity contribution in [2.75, 3.05) is 19.8 Å². The number of halogens is 1. The molecule has 0 aliphatic carbocycles. The first-order valence-corrected chi connectivity index (χ1v) is 9.74. The van der Waals surface area contributed by atoms with Crippen LogP contribution in [0.3, 0.4) is 0 Å². The summed E-state index contributed by atoms with van der Waals surface area (Å²) in [7, 11) is 0. The third-order valence-electron chi connectivity index (χ3n) is 4.57. The maximum Gasteiger partial charge on any atom is 0.222 e. The molecule has 1 aromatic carbocycles. The van der Waals surface area contributed by atoms with Gasteiger partial charge in [0.25, 0.3) is 0 Å². The van der Waals surface area contributed by atoms with Gasteiger partial charge in [-0.15, -0.1) is 0 Å². The van der Waals surface area contributed by atoms with Crippen LogP contribution in [0, 0.1) is 13.8 Å². The number of benzene rings is 1. The molecule has 0 radical (unpaired) electrons. The second-order valence-electron chi connectivity index (χ2n) is 6.34. The molecule has 1 heterocycles. The first-order valence-electron chi connectivity index (χ1n) is 9.37. The fraction of sp³-hybridized carbons (Fsp3) is 0.524. The molecule has 26 heavy (non-hydrogen) atoms. The van der Waals surface area contributed by atoms with E-state index in [9.17, 15) is 0 Å². The summed E-state index contributed by atoms with van der Waals surface area (Å²) < 4.78 is 11.5. The van der Waals surface area contributed by atoms with Crippen molar-refractivity contribution >= 4 is 11.6 Å². The maximum atomic E-state index is 6.00. The molecule has 0 N–H and O–H groups in total. The molecule has 0 aliphatic heterocycles. The summed E-state index contributed by atoms with van der Waals surface area (Å²) in [5.41, 5.74) is 5.78. The number of rotatable bonds is 10. The molecule has 2 rings (SSSR count). The van der Waals surface area contributed by atoms with Crippen LogP contribution in [0.5, 0.6) is 5.75 Å². The average molecular weight is 377 g/mol. The second-order valence-corrected chi connectivity index (χ2v) is 6.68. The van der Waals surface area contributed by atoms with Gasteiger partial charge in [0.05, 0.1) is 13.2 Å². The number of hydrogen-bond acceptors (Lipinski definition) is 4. The smallest absolute Gasteiger partial charge is 0.222 e. The number of aromatic nitrogens is 2. The molecular formula is C21H29ClN2O2. The molecule has 1 aromatic heterocycles.